The number of aliphatic carboxylic acids is 1. The summed E-state index contributed by atoms with van der Waals surface area (Å²) in [5.41, 5.74) is 8.08. The highest BCUT2D eigenvalue weighted by Crippen LogP contribution is 2.44. The summed E-state index contributed by atoms with van der Waals surface area (Å²) in [6.07, 6.45) is 3.94. The van der Waals surface area contributed by atoms with Gasteiger partial charge in [-0.25, -0.2) is 0 Å². The maximum atomic E-state index is 12.4. The Labute approximate surface area is 234 Å². The third-order valence-electron chi connectivity index (χ3n) is 8.38. The number of carbonyl (C=O) groups excluding carboxylic acids is 1. The number of nitrogens with zero attached hydrogens (tertiary/aromatic N) is 1. The molecule has 2 aliphatic heterocycles. The van der Waals surface area contributed by atoms with E-state index in [0.717, 1.165) is 67.0 Å². The molecule has 3 aliphatic rings. The molecule has 2 heterocycles. The molecule has 7 heteroatoms. The van der Waals surface area contributed by atoms with E-state index in [0.29, 0.717) is 12.4 Å². The minimum absolute atomic E-state index is 0.0545. The lowest BCUT2D eigenvalue weighted by atomic mass is 9.90. The van der Waals surface area contributed by atoms with Gasteiger partial charge in [-0.05, 0) is 91.1 Å². The quantitative estimate of drug-likeness (QED) is 0.377. The van der Waals surface area contributed by atoms with Gasteiger partial charge < -0.3 is 24.2 Å². The molecule has 7 nitrogen and oxygen atoms in total. The van der Waals surface area contributed by atoms with Crippen molar-refractivity contribution in [3.63, 3.8) is 0 Å². The number of carbonyl (C=O) groups is 2. The molecule has 40 heavy (non-hydrogen) atoms. The zero-order valence-corrected chi connectivity index (χ0v) is 23.1. The summed E-state index contributed by atoms with van der Waals surface area (Å²) in [6.45, 7) is 6.32. The monoisotopic (exact) mass is 541 g/mol. The third-order valence-corrected chi connectivity index (χ3v) is 8.38. The van der Waals surface area contributed by atoms with Crippen molar-refractivity contribution >= 4 is 11.9 Å². The van der Waals surface area contributed by atoms with Crippen LogP contribution in [-0.4, -0.2) is 48.2 Å². The Morgan fingerprint density at radius 1 is 1.00 bits per heavy atom. The molecule has 0 spiro atoms. The molecule has 3 aromatic rings. The fourth-order valence-electron chi connectivity index (χ4n) is 6.48. The van der Waals surface area contributed by atoms with Crippen LogP contribution in [0.2, 0.25) is 0 Å². The molecule has 1 fully saturated rings. The lowest BCUT2D eigenvalue weighted by Crippen LogP contribution is -2.32. The van der Waals surface area contributed by atoms with E-state index < -0.39 is 5.97 Å². The molecule has 1 amide bonds. The Balaban J connectivity index is 1.19. The number of likely N-dealkylation sites (tertiary alicyclic amines) is 1. The first-order chi connectivity index (χ1) is 19.4. The van der Waals surface area contributed by atoms with Crippen molar-refractivity contribution < 1.29 is 28.9 Å². The number of benzene rings is 3. The average Bonchev–Trinajstić information content (AvgIpc) is 3.68. The van der Waals surface area contributed by atoms with Crippen molar-refractivity contribution in [2.24, 2.45) is 0 Å². The van der Waals surface area contributed by atoms with Gasteiger partial charge in [0.05, 0.1) is 13.0 Å². The lowest BCUT2D eigenvalue weighted by molar-refractivity contribution is -0.137. The summed E-state index contributed by atoms with van der Waals surface area (Å²) in [5, 5.41) is 9.17. The fourth-order valence-corrected chi connectivity index (χ4v) is 6.48. The number of amides is 1. The zero-order chi connectivity index (χ0) is 27.8. The number of fused-ring (bicyclic) bond motifs is 2. The van der Waals surface area contributed by atoms with Crippen molar-refractivity contribution in [2.75, 3.05) is 26.3 Å². The molecule has 2 atom stereocenters. The van der Waals surface area contributed by atoms with E-state index in [1.165, 1.54) is 22.3 Å². The number of rotatable bonds is 8. The summed E-state index contributed by atoms with van der Waals surface area (Å²) in [4.78, 5) is 25.5. The number of carboxylic acids is 1. The van der Waals surface area contributed by atoms with Gasteiger partial charge in [0.1, 0.15) is 23.4 Å². The molecular formula is C33H35NO6. The zero-order valence-electron chi connectivity index (χ0n) is 23.1. The second kappa shape index (κ2) is 10.9. The Hall–Kier alpha value is -4.00. The minimum Gasteiger partial charge on any atom is -0.492 e. The average molecular weight is 542 g/mol. The van der Waals surface area contributed by atoms with Gasteiger partial charge in [0.2, 0.25) is 0 Å². The number of hydrogen-bond acceptors (Lipinski definition) is 5. The van der Waals surface area contributed by atoms with Crippen LogP contribution in [0.3, 0.4) is 0 Å². The van der Waals surface area contributed by atoms with E-state index in [1.807, 2.05) is 35.2 Å². The summed E-state index contributed by atoms with van der Waals surface area (Å²) >= 11 is 0. The highest BCUT2D eigenvalue weighted by Gasteiger charge is 2.30. The summed E-state index contributed by atoms with van der Waals surface area (Å²) in [6, 6.07) is 16.2. The van der Waals surface area contributed by atoms with E-state index in [2.05, 4.69) is 32.0 Å². The van der Waals surface area contributed by atoms with E-state index >= 15 is 0 Å². The molecule has 3 aromatic carbocycles. The molecule has 0 aromatic heterocycles. The third kappa shape index (κ3) is 5.12. The van der Waals surface area contributed by atoms with Crippen LogP contribution in [0.25, 0.3) is 11.1 Å². The van der Waals surface area contributed by atoms with Gasteiger partial charge in [-0.3, -0.25) is 9.59 Å². The molecule has 1 N–H and O–H groups in total. The van der Waals surface area contributed by atoms with E-state index in [1.54, 1.807) is 0 Å². The van der Waals surface area contributed by atoms with Crippen LogP contribution in [-0.2, 0) is 16.0 Å². The van der Waals surface area contributed by atoms with Crippen LogP contribution in [0.4, 0.5) is 0 Å². The Kier molecular flexibility index (Phi) is 7.13. The summed E-state index contributed by atoms with van der Waals surface area (Å²) in [7, 11) is 0. The number of aryl methyl sites for hydroxylation is 2. The Morgan fingerprint density at radius 3 is 2.52 bits per heavy atom. The number of hydrogen-bond donors (Lipinski definition) is 1. The molecule has 0 saturated carbocycles. The van der Waals surface area contributed by atoms with Crippen LogP contribution in [0.5, 0.6) is 17.2 Å². The topological polar surface area (TPSA) is 85.3 Å². The Bertz CT molecular complexity index is 1430. The second-order valence-electron chi connectivity index (χ2n) is 11.1. The molecule has 208 valence electrons. The summed E-state index contributed by atoms with van der Waals surface area (Å²) < 4.78 is 18.2. The molecular weight excluding hydrogens is 506 g/mol. The van der Waals surface area contributed by atoms with Gasteiger partial charge in [0.25, 0.3) is 5.91 Å². The highest BCUT2D eigenvalue weighted by molar-refractivity contribution is 5.79. The number of ether oxygens (including phenoxy) is 3. The van der Waals surface area contributed by atoms with E-state index in [4.69, 9.17) is 14.2 Å². The van der Waals surface area contributed by atoms with Gasteiger partial charge in [0.15, 0.2) is 6.61 Å². The SMILES string of the molecule is Cc1cc(OCC(=O)N2CCCC2)cc(C)c1-c1cccc2c1CC[C@H]2Oc1ccc2c(c1)OC[C@H]2CC(=O)O. The van der Waals surface area contributed by atoms with Gasteiger partial charge in [-0.15, -0.1) is 0 Å². The van der Waals surface area contributed by atoms with E-state index in [-0.39, 0.29) is 31.0 Å². The van der Waals surface area contributed by atoms with Crippen LogP contribution in [0.1, 0.15) is 65.5 Å². The molecule has 0 radical (unpaired) electrons. The predicted molar refractivity (Wildman–Crippen MR) is 151 cm³/mol. The van der Waals surface area contributed by atoms with Crippen LogP contribution < -0.4 is 14.2 Å². The fraction of sp³-hybridized carbons (Fsp3) is 0.394. The van der Waals surface area contributed by atoms with Gasteiger partial charge in [-0.2, -0.15) is 0 Å². The van der Waals surface area contributed by atoms with Crippen molar-refractivity contribution in [2.45, 2.75) is 58.0 Å². The first-order valence-corrected chi connectivity index (χ1v) is 14.2. The van der Waals surface area contributed by atoms with Crippen molar-refractivity contribution in [3.05, 3.63) is 76.3 Å². The van der Waals surface area contributed by atoms with Crippen LogP contribution in [0, 0.1) is 13.8 Å². The first-order valence-electron chi connectivity index (χ1n) is 14.2. The normalized spacial score (nSPS) is 19.2. The highest BCUT2D eigenvalue weighted by atomic mass is 16.5. The maximum absolute atomic E-state index is 12.4. The minimum atomic E-state index is -0.819. The molecule has 0 bridgehead atoms. The van der Waals surface area contributed by atoms with Crippen molar-refractivity contribution in [1.82, 2.24) is 4.90 Å². The van der Waals surface area contributed by atoms with Crippen molar-refractivity contribution in [1.29, 1.82) is 0 Å². The van der Waals surface area contributed by atoms with Crippen molar-refractivity contribution in [3.8, 4) is 28.4 Å². The molecule has 6 rings (SSSR count). The van der Waals surface area contributed by atoms with Gasteiger partial charge >= 0.3 is 5.97 Å². The van der Waals surface area contributed by atoms with Gasteiger partial charge in [-0.1, -0.05) is 24.3 Å². The second-order valence-corrected chi connectivity index (χ2v) is 11.1. The van der Waals surface area contributed by atoms with Gasteiger partial charge in [0, 0.05) is 30.6 Å². The van der Waals surface area contributed by atoms with E-state index in [9.17, 15) is 14.7 Å². The molecule has 1 saturated heterocycles. The van der Waals surface area contributed by atoms with Crippen LogP contribution >= 0.6 is 0 Å². The predicted octanol–water partition coefficient (Wildman–Crippen LogP) is 5.99. The first kappa shape index (κ1) is 26.2. The van der Waals surface area contributed by atoms with Crippen LogP contribution in [0.15, 0.2) is 48.5 Å². The summed E-state index contributed by atoms with van der Waals surface area (Å²) in [5.74, 6) is 1.29. The molecule has 1 aliphatic carbocycles. The molecule has 0 unspecified atom stereocenters. The maximum Gasteiger partial charge on any atom is 0.304 e. The Morgan fingerprint density at radius 2 is 1.77 bits per heavy atom. The standard InChI is InChI=1S/C33H35NO6/c1-20-14-24(38-19-31(35)34-12-3-4-13-34)15-21(2)33(20)28-7-5-6-27-26(28)10-11-29(27)40-23-8-9-25-22(16-32(36)37)18-39-30(25)17-23/h5-9,14-15,17,22,29H,3-4,10-13,16,18-19H2,1-2H3,(H,36,37)/t22-,29-/m1/s1. The largest absolute Gasteiger partial charge is 0.492 e. The smallest absolute Gasteiger partial charge is 0.304 e. The lowest BCUT2D eigenvalue weighted by Gasteiger charge is -2.19. The number of carboxylic acid groups (broad SMARTS) is 1.